The maximum Gasteiger partial charge on any atom is 0.102 e. The van der Waals surface area contributed by atoms with Crippen molar-refractivity contribution in [3.63, 3.8) is 0 Å². The average Bonchev–Trinajstić information content (AvgIpc) is 2.75. The third-order valence-electron chi connectivity index (χ3n) is 4.22. The molecule has 2 saturated heterocycles. The van der Waals surface area contributed by atoms with Crippen molar-refractivity contribution in [3.8, 4) is 6.07 Å². The standard InChI is InChI=1S/C13H24N4/c1-11(8-13(2,15)10-14)17-7-6-16-5-3-4-12(16)9-17/h11-12H,3-9,15H2,1-2H3. The third-order valence-corrected chi connectivity index (χ3v) is 4.22. The van der Waals surface area contributed by atoms with E-state index in [4.69, 9.17) is 11.0 Å². The fourth-order valence-corrected chi connectivity index (χ4v) is 3.20. The molecule has 4 heteroatoms. The monoisotopic (exact) mass is 236 g/mol. The zero-order chi connectivity index (χ0) is 12.5. The molecule has 3 atom stereocenters. The largest absolute Gasteiger partial charge is 0.314 e. The molecular formula is C13H24N4. The summed E-state index contributed by atoms with van der Waals surface area (Å²) in [6, 6.07) is 3.36. The van der Waals surface area contributed by atoms with Crippen LogP contribution in [0, 0.1) is 11.3 Å². The molecule has 2 aliphatic heterocycles. The molecule has 96 valence electrons. The van der Waals surface area contributed by atoms with Crippen molar-refractivity contribution in [2.75, 3.05) is 26.2 Å². The minimum atomic E-state index is -0.688. The molecular weight excluding hydrogens is 212 g/mol. The summed E-state index contributed by atoms with van der Waals surface area (Å²) < 4.78 is 0. The van der Waals surface area contributed by atoms with Crippen molar-refractivity contribution in [1.82, 2.24) is 9.80 Å². The van der Waals surface area contributed by atoms with Gasteiger partial charge in [-0.1, -0.05) is 0 Å². The van der Waals surface area contributed by atoms with Crippen molar-refractivity contribution < 1.29 is 0 Å². The van der Waals surface area contributed by atoms with Crippen LogP contribution in [0.2, 0.25) is 0 Å². The number of hydrogen-bond donors (Lipinski definition) is 1. The van der Waals surface area contributed by atoms with Crippen molar-refractivity contribution >= 4 is 0 Å². The average molecular weight is 236 g/mol. The van der Waals surface area contributed by atoms with E-state index in [1.165, 1.54) is 25.9 Å². The van der Waals surface area contributed by atoms with Gasteiger partial charge in [0.2, 0.25) is 0 Å². The Hall–Kier alpha value is -0.630. The van der Waals surface area contributed by atoms with E-state index in [9.17, 15) is 0 Å². The number of piperazine rings is 1. The molecule has 0 amide bonds. The molecule has 0 aromatic heterocycles. The first-order valence-corrected chi connectivity index (χ1v) is 6.70. The van der Waals surface area contributed by atoms with Crippen LogP contribution in [0.25, 0.3) is 0 Å². The highest BCUT2D eigenvalue weighted by atomic mass is 15.3. The molecule has 2 N–H and O–H groups in total. The van der Waals surface area contributed by atoms with E-state index < -0.39 is 5.54 Å². The summed E-state index contributed by atoms with van der Waals surface area (Å²) in [5.41, 5.74) is 5.24. The first-order valence-electron chi connectivity index (χ1n) is 6.70. The minimum absolute atomic E-state index is 0.410. The summed E-state index contributed by atoms with van der Waals surface area (Å²) >= 11 is 0. The highest BCUT2D eigenvalue weighted by molar-refractivity contribution is 5.03. The van der Waals surface area contributed by atoms with Crippen molar-refractivity contribution in [3.05, 3.63) is 0 Å². The van der Waals surface area contributed by atoms with Gasteiger partial charge in [-0.3, -0.25) is 9.80 Å². The highest BCUT2D eigenvalue weighted by Crippen LogP contribution is 2.24. The summed E-state index contributed by atoms with van der Waals surface area (Å²) in [7, 11) is 0. The molecule has 0 radical (unpaired) electrons. The van der Waals surface area contributed by atoms with Crippen molar-refractivity contribution in [2.45, 2.75) is 50.7 Å². The van der Waals surface area contributed by atoms with Crippen LogP contribution in [-0.4, -0.2) is 53.6 Å². The quantitative estimate of drug-likeness (QED) is 0.787. The number of fused-ring (bicyclic) bond motifs is 1. The van der Waals surface area contributed by atoms with Crippen LogP contribution < -0.4 is 5.73 Å². The van der Waals surface area contributed by atoms with Gasteiger partial charge in [-0.05, 0) is 39.7 Å². The zero-order valence-corrected chi connectivity index (χ0v) is 11.0. The molecule has 0 aromatic carbocycles. The fourth-order valence-electron chi connectivity index (χ4n) is 3.20. The second-order valence-corrected chi connectivity index (χ2v) is 5.91. The maximum atomic E-state index is 8.99. The van der Waals surface area contributed by atoms with Crippen LogP contribution in [0.15, 0.2) is 0 Å². The molecule has 3 unspecified atom stereocenters. The molecule has 0 saturated carbocycles. The maximum absolute atomic E-state index is 8.99. The third kappa shape index (κ3) is 2.98. The number of nitrogens with zero attached hydrogens (tertiary/aromatic N) is 3. The lowest BCUT2D eigenvalue weighted by Crippen LogP contribution is -2.54. The van der Waals surface area contributed by atoms with Gasteiger partial charge >= 0.3 is 0 Å². The lowest BCUT2D eigenvalue weighted by molar-refractivity contribution is 0.0698. The molecule has 0 aliphatic carbocycles. The number of hydrogen-bond acceptors (Lipinski definition) is 4. The molecule has 4 nitrogen and oxygen atoms in total. The number of rotatable bonds is 3. The van der Waals surface area contributed by atoms with Gasteiger partial charge in [-0.2, -0.15) is 5.26 Å². The van der Waals surface area contributed by atoms with Gasteiger partial charge in [0.25, 0.3) is 0 Å². The molecule has 2 fully saturated rings. The normalized spacial score (nSPS) is 31.5. The van der Waals surface area contributed by atoms with Gasteiger partial charge in [0.15, 0.2) is 0 Å². The number of nitrogens with two attached hydrogens (primary N) is 1. The van der Waals surface area contributed by atoms with Gasteiger partial charge in [-0.25, -0.2) is 0 Å². The van der Waals surface area contributed by atoms with Gasteiger partial charge < -0.3 is 5.73 Å². The first kappa shape index (κ1) is 12.8. The Bertz CT molecular complexity index is 307. The molecule has 0 aromatic rings. The van der Waals surface area contributed by atoms with Crippen LogP contribution >= 0.6 is 0 Å². The summed E-state index contributed by atoms with van der Waals surface area (Å²) in [4.78, 5) is 5.12. The highest BCUT2D eigenvalue weighted by Gasteiger charge is 2.33. The van der Waals surface area contributed by atoms with Crippen LogP contribution in [0.4, 0.5) is 0 Å². The molecule has 2 rings (SSSR count). The topological polar surface area (TPSA) is 56.3 Å². The molecule has 2 aliphatic rings. The Morgan fingerprint density at radius 1 is 1.47 bits per heavy atom. The SMILES string of the molecule is CC(CC(C)(N)C#N)N1CCN2CCCC2C1. The smallest absolute Gasteiger partial charge is 0.102 e. The minimum Gasteiger partial charge on any atom is -0.314 e. The molecule has 0 spiro atoms. The molecule has 0 bridgehead atoms. The van der Waals surface area contributed by atoms with Gasteiger partial charge in [-0.15, -0.1) is 0 Å². The summed E-state index contributed by atoms with van der Waals surface area (Å²) in [5, 5.41) is 8.99. The Morgan fingerprint density at radius 3 is 2.94 bits per heavy atom. The van der Waals surface area contributed by atoms with Crippen LogP contribution in [0.5, 0.6) is 0 Å². The predicted molar refractivity (Wildman–Crippen MR) is 68.5 cm³/mol. The Kier molecular flexibility index (Phi) is 3.72. The zero-order valence-electron chi connectivity index (χ0n) is 11.0. The second-order valence-electron chi connectivity index (χ2n) is 5.91. The fraction of sp³-hybridized carbons (Fsp3) is 0.923. The summed E-state index contributed by atoms with van der Waals surface area (Å²) in [5.74, 6) is 0. The summed E-state index contributed by atoms with van der Waals surface area (Å²) in [6.45, 7) is 8.77. The van der Waals surface area contributed by atoms with Gasteiger partial charge in [0, 0.05) is 31.7 Å². The van der Waals surface area contributed by atoms with E-state index in [2.05, 4.69) is 22.8 Å². The van der Waals surface area contributed by atoms with Crippen LogP contribution in [0.3, 0.4) is 0 Å². The first-order chi connectivity index (χ1) is 8.02. The molecule has 17 heavy (non-hydrogen) atoms. The predicted octanol–water partition coefficient (Wildman–Crippen LogP) is 0.786. The Morgan fingerprint density at radius 2 is 2.24 bits per heavy atom. The van der Waals surface area contributed by atoms with E-state index in [1.807, 2.05) is 6.92 Å². The summed E-state index contributed by atoms with van der Waals surface area (Å²) in [6.07, 6.45) is 3.44. The Labute approximate surface area is 104 Å². The van der Waals surface area contributed by atoms with E-state index in [1.54, 1.807) is 0 Å². The lowest BCUT2D eigenvalue weighted by atomic mass is 9.95. The van der Waals surface area contributed by atoms with E-state index >= 15 is 0 Å². The van der Waals surface area contributed by atoms with Crippen LogP contribution in [-0.2, 0) is 0 Å². The van der Waals surface area contributed by atoms with Crippen molar-refractivity contribution in [2.24, 2.45) is 5.73 Å². The number of nitriles is 1. The Balaban J connectivity index is 1.88. The van der Waals surface area contributed by atoms with E-state index in [0.29, 0.717) is 6.04 Å². The van der Waals surface area contributed by atoms with Gasteiger partial charge in [0.1, 0.15) is 5.54 Å². The second kappa shape index (κ2) is 4.93. The van der Waals surface area contributed by atoms with E-state index in [0.717, 1.165) is 25.6 Å². The van der Waals surface area contributed by atoms with Gasteiger partial charge in [0.05, 0.1) is 6.07 Å². The van der Waals surface area contributed by atoms with Crippen molar-refractivity contribution in [1.29, 1.82) is 5.26 Å². The van der Waals surface area contributed by atoms with Crippen LogP contribution in [0.1, 0.15) is 33.1 Å². The molecule has 2 heterocycles. The lowest BCUT2D eigenvalue weighted by Gasteiger charge is -2.41. The van der Waals surface area contributed by atoms with E-state index in [-0.39, 0.29) is 0 Å².